The molecular formula is C32H40BrClN4O3. The number of fused-ring (bicyclic) bond motifs is 1. The average Bonchev–Trinajstić information content (AvgIpc) is 3.51. The Morgan fingerprint density at radius 1 is 0.927 bits per heavy atom. The van der Waals surface area contributed by atoms with E-state index in [2.05, 4.69) is 20.8 Å². The third kappa shape index (κ3) is 6.81. The third-order valence-electron chi connectivity index (χ3n) is 9.15. The summed E-state index contributed by atoms with van der Waals surface area (Å²) >= 11 is 9.95. The van der Waals surface area contributed by atoms with Gasteiger partial charge in [-0.3, -0.25) is 14.4 Å². The van der Waals surface area contributed by atoms with Crippen LogP contribution in [0.5, 0.6) is 0 Å². The van der Waals surface area contributed by atoms with Crippen molar-refractivity contribution >= 4 is 50.9 Å². The van der Waals surface area contributed by atoms with E-state index in [-0.39, 0.29) is 23.6 Å². The molecule has 2 aromatic carbocycles. The number of hydrogen-bond donors (Lipinski definition) is 0. The van der Waals surface area contributed by atoms with Crippen LogP contribution in [0.1, 0.15) is 47.7 Å². The Hall–Kier alpha value is -2.42. The number of carbonyl (C=O) groups is 3. The van der Waals surface area contributed by atoms with Crippen molar-refractivity contribution in [3.63, 3.8) is 0 Å². The quantitative estimate of drug-likeness (QED) is 0.405. The van der Waals surface area contributed by atoms with E-state index >= 15 is 0 Å². The lowest BCUT2D eigenvalue weighted by Gasteiger charge is -2.34. The maximum absolute atomic E-state index is 13.7. The maximum Gasteiger partial charge on any atom is 0.254 e. The molecule has 0 radical (unpaired) electrons. The zero-order valence-corrected chi connectivity index (χ0v) is 26.6. The molecule has 5 rings (SSSR count). The highest BCUT2D eigenvalue weighted by Gasteiger charge is 2.41. The molecule has 3 aliphatic heterocycles. The minimum Gasteiger partial charge on any atom is -0.343 e. The van der Waals surface area contributed by atoms with Crippen LogP contribution in [0, 0.1) is 31.6 Å². The molecule has 2 atom stereocenters. The van der Waals surface area contributed by atoms with Gasteiger partial charge in [-0.05, 0) is 92.9 Å². The predicted octanol–water partition coefficient (Wildman–Crippen LogP) is 5.40. The summed E-state index contributed by atoms with van der Waals surface area (Å²) in [6.07, 6.45) is 2.25. The van der Waals surface area contributed by atoms with Crippen molar-refractivity contribution in [2.45, 2.75) is 40.0 Å². The van der Waals surface area contributed by atoms with E-state index in [4.69, 9.17) is 11.6 Å². The molecule has 0 bridgehead atoms. The molecular weight excluding hydrogens is 604 g/mol. The summed E-state index contributed by atoms with van der Waals surface area (Å²) in [7, 11) is 0. The second-order valence-electron chi connectivity index (χ2n) is 12.0. The number of hydrogen-bond acceptors (Lipinski definition) is 4. The van der Waals surface area contributed by atoms with E-state index in [1.165, 1.54) is 0 Å². The van der Waals surface area contributed by atoms with Crippen LogP contribution in [-0.4, -0.2) is 84.8 Å². The van der Waals surface area contributed by atoms with Crippen molar-refractivity contribution in [3.05, 3.63) is 62.6 Å². The van der Waals surface area contributed by atoms with Crippen molar-refractivity contribution < 1.29 is 14.4 Å². The fourth-order valence-electron chi connectivity index (χ4n) is 6.71. The molecule has 2 unspecified atom stereocenters. The minimum absolute atomic E-state index is 0.0735. The number of benzene rings is 2. The molecule has 3 heterocycles. The van der Waals surface area contributed by atoms with E-state index < -0.39 is 0 Å². The second-order valence-corrected chi connectivity index (χ2v) is 13.3. The molecule has 220 valence electrons. The fraction of sp³-hybridized carbons (Fsp3) is 0.531. The van der Waals surface area contributed by atoms with Gasteiger partial charge < -0.3 is 19.6 Å². The summed E-state index contributed by atoms with van der Waals surface area (Å²) < 4.78 is 0.990. The van der Waals surface area contributed by atoms with E-state index in [1.807, 2.05) is 64.9 Å². The average molecular weight is 644 g/mol. The Balaban J connectivity index is 1.16. The van der Waals surface area contributed by atoms with Crippen LogP contribution in [0.2, 0.25) is 5.02 Å². The lowest BCUT2D eigenvalue weighted by Crippen LogP contribution is -2.44. The first-order valence-electron chi connectivity index (χ1n) is 14.7. The van der Waals surface area contributed by atoms with Crippen molar-refractivity contribution in [1.82, 2.24) is 14.7 Å². The van der Waals surface area contributed by atoms with Crippen LogP contribution in [0.25, 0.3) is 0 Å². The molecule has 0 saturated carbocycles. The molecule has 3 saturated heterocycles. The number of piperidine rings is 1. The first-order valence-corrected chi connectivity index (χ1v) is 15.9. The van der Waals surface area contributed by atoms with Crippen LogP contribution in [0.4, 0.5) is 5.69 Å². The van der Waals surface area contributed by atoms with Gasteiger partial charge in [0.25, 0.3) is 5.91 Å². The van der Waals surface area contributed by atoms with Gasteiger partial charge in [0.2, 0.25) is 11.8 Å². The number of halogens is 2. The topological polar surface area (TPSA) is 64.2 Å². The second kappa shape index (κ2) is 12.8. The van der Waals surface area contributed by atoms with Gasteiger partial charge in [0, 0.05) is 79.4 Å². The molecule has 0 aliphatic carbocycles. The summed E-state index contributed by atoms with van der Waals surface area (Å²) in [5.41, 5.74) is 3.62. The number of rotatable bonds is 7. The summed E-state index contributed by atoms with van der Waals surface area (Å²) in [5, 5.41) is 0.663. The van der Waals surface area contributed by atoms with Crippen LogP contribution >= 0.6 is 27.5 Å². The molecule has 9 heteroatoms. The lowest BCUT2D eigenvalue weighted by atomic mass is 9.94. The molecule has 3 fully saturated rings. The molecule has 41 heavy (non-hydrogen) atoms. The molecule has 7 nitrogen and oxygen atoms in total. The smallest absolute Gasteiger partial charge is 0.254 e. The lowest BCUT2D eigenvalue weighted by molar-refractivity contribution is -0.133. The highest BCUT2D eigenvalue weighted by Crippen LogP contribution is 2.33. The van der Waals surface area contributed by atoms with E-state index in [1.54, 1.807) is 6.92 Å². The predicted molar refractivity (Wildman–Crippen MR) is 166 cm³/mol. The highest BCUT2D eigenvalue weighted by molar-refractivity contribution is 9.10. The van der Waals surface area contributed by atoms with Gasteiger partial charge in [0.05, 0.1) is 0 Å². The number of aryl methyl sites for hydroxylation is 2. The standard InChI is InChI=1S/C32H40BrClN4O3/c1-21-5-7-28(16-30(21)34)38(31(40)24-9-13-36(14-10-24)23(3)39)12-4-11-35-17-25-19-37(20-26(25)18-35)32(41)29-8-6-27(33)15-22(29)2/h5-8,15-16,24-26H,4,9-14,17-20H2,1-3H3. The van der Waals surface area contributed by atoms with Gasteiger partial charge in [-0.25, -0.2) is 0 Å². The molecule has 0 N–H and O–H groups in total. The fourth-order valence-corrected chi connectivity index (χ4v) is 7.36. The number of amides is 3. The zero-order chi connectivity index (χ0) is 29.3. The van der Waals surface area contributed by atoms with Crippen LogP contribution < -0.4 is 4.90 Å². The molecule has 0 spiro atoms. The van der Waals surface area contributed by atoms with Gasteiger partial charge in [-0.2, -0.15) is 0 Å². The highest BCUT2D eigenvalue weighted by atomic mass is 79.9. The van der Waals surface area contributed by atoms with E-state index in [0.717, 1.165) is 66.0 Å². The largest absolute Gasteiger partial charge is 0.343 e. The number of nitrogens with zero attached hydrogens (tertiary/aromatic N) is 4. The minimum atomic E-state index is -0.0882. The van der Waals surface area contributed by atoms with Crippen molar-refractivity contribution in [1.29, 1.82) is 0 Å². The number of carbonyl (C=O) groups excluding carboxylic acids is 3. The summed E-state index contributed by atoms with van der Waals surface area (Å²) in [6.45, 7) is 11.9. The Morgan fingerprint density at radius 2 is 1.61 bits per heavy atom. The third-order valence-corrected chi connectivity index (χ3v) is 10.0. The van der Waals surface area contributed by atoms with Crippen molar-refractivity contribution in [3.8, 4) is 0 Å². The normalized spacial score (nSPS) is 21.3. The van der Waals surface area contributed by atoms with Crippen LogP contribution in [-0.2, 0) is 9.59 Å². The first-order chi connectivity index (χ1) is 19.6. The van der Waals surface area contributed by atoms with Crippen molar-refractivity contribution in [2.75, 3.05) is 57.3 Å². The molecule has 2 aromatic rings. The first kappa shape index (κ1) is 30.1. The van der Waals surface area contributed by atoms with Gasteiger partial charge in [-0.1, -0.05) is 33.6 Å². The molecule has 3 aliphatic rings. The summed E-state index contributed by atoms with van der Waals surface area (Å²) in [5.74, 6) is 1.24. The van der Waals surface area contributed by atoms with Gasteiger partial charge in [0.15, 0.2) is 0 Å². The van der Waals surface area contributed by atoms with E-state index in [9.17, 15) is 14.4 Å². The Labute approximate surface area is 256 Å². The monoisotopic (exact) mass is 642 g/mol. The summed E-state index contributed by atoms with van der Waals surface area (Å²) in [6, 6.07) is 11.7. The van der Waals surface area contributed by atoms with Gasteiger partial charge >= 0.3 is 0 Å². The number of anilines is 1. The van der Waals surface area contributed by atoms with Gasteiger partial charge in [0.1, 0.15) is 0 Å². The maximum atomic E-state index is 13.7. The SMILES string of the molecule is CC(=O)N1CCC(C(=O)N(CCCN2CC3CN(C(=O)c4ccc(Br)cc4C)CC3C2)c2ccc(C)c(Cl)c2)CC1. The Kier molecular flexibility index (Phi) is 9.41. The Bertz CT molecular complexity index is 1300. The van der Waals surface area contributed by atoms with Crippen LogP contribution in [0.15, 0.2) is 40.9 Å². The van der Waals surface area contributed by atoms with Gasteiger partial charge in [-0.15, -0.1) is 0 Å². The van der Waals surface area contributed by atoms with E-state index in [0.29, 0.717) is 49.3 Å². The molecule has 3 amide bonds. The number of likely N-dealkylation sites (tertiary alicyclic amines) is 3. The Morgan fingerprint density at radius 3 is 2.22 bits per heavy atom. The zero-order valence-electron chi connectivity index (χ0n) is 24.2. The van der Waals surface area contributed by atoms with Crippen molar-refractivity contribution in [2.24, 2.45) is 17.8 Å². The molecule has 0 aromatic heterocycles. The summed E-state index contributed by atoms with van der Waals surface area (Å²) in [4.78, 5) is 47.0. The van der Waals surface area contributed by atoms with Crippen LogP contribution in [0.3, 0.4) is 0 Å².